The Morgan fingerprint density at radius 2 is 2.39 bits per heavy atom. The lowest BCUT2D eigenvalue weighted by Gasteiger charge is -2.33. The molecule has 0 aromatic rings. The van der Waals surface area contributed by atoms with Crippen LogP contribution in [0, 0.1) is 0 Å². The van der Waals surface area contributed by atoms with Crippen LogP contribution in [0.5, 0.6) is 0 Å². The zero-order valence-electron chi connectivity index (χ0n) is 12.9. The number of aliphatic imine (C=N–C) groups is 1. The second-order valence-electron chi connectivity index (χ2n) is 5.70. The van der Waals surface area contributed by atoms with Gasteiger partial charge >= 0.3 is 7.82 Å². The molecular weight excluding hydrogens is 341 g/mol. The number of nitrogens with zero attached hydrogens (tertiary/aromatic N) is 2. The Hall–Kier alpha value is -0.830. The summed E-state index contributed by atoms with van der Waals surface area (Å²) in [6, 6.07) is 0. The van der Waals surface area contributed by atoms with Crippen molar-refractivity contribution >= 4 is 25.4 Å². The molecule has 3 rings (SSSR count). The molecule has 128 valence electrons. The topological polar surface area (TPSA) is 107 Å². The number of fused-ring (bicyclic) bond motifs is 1. The van der Waals surface area contributed by atoms with E-state index in [4.69, 9.17) is 19.3 Å². The van der Waals surface area contributed by atoms with Gasteiger partial charge in [0.2, 0.25) is 0 Å². The third-order valence-corrected chi connectivity index (χ3v) is 6.72. The number of amidine groups is 1. The average molecular weight is 361 g/mol. The molecule has 0 spiro atoms. The van der Waals surface area contributed by atoms with Gasteiger partial charge in [-0.15, -0.1) is 11.8 Å². The van der Waals surface area contributed by atoms with E-state index in [1.165, 1.54) is 11.8 Å². The predicted octanol–water partition coefficient (Wildman–Crippen LogP) is 1.40. The lowest BCUT2D eigenvalue weighted by molar-refractivity contribution is -0.0356. The molecule has 23 heavy (non-hydrogen) atoms. The molecule has 2 fully saturated rings. The summed E-state index contributed by atoms with van der Waals surface area (Å²) in [6.45, 7) is 7.51. The predicted molar refractivity (Wildman–Crippen MR) is 87.6 cm³/mol. The van der Waals surface area contributed by atoms with E-state index in [1.54, 1.807) is 31.0 Å². The van der Waals surface area contributed by atoms with Crippen LogP contribution in [0.15, 0.2) is 29.7 Å². The minimum Gasteiger partial charge on any atom is -0.387 e. The first-order valence-electron chi connectivity index (χ1n) is 7.23. The van der Waals surface area contributed by atoms with Crippen LogP contribution in [0.4, 0.5) is 0 Å². The van der Waals surface area contributed by atoms with Crippen LogP contribution >= 0.6 is 19.6 Å². The summed E-state index contributed by atoms with van der Waals surface area (Å²) < 4.78 is 28.5. The smallest absolute Gasteiger partial charge is 0.387 e. The van der Waals surface area contributed by atoms with Crippen molar-refractivity contribution in [1.29, 1.82) is 0 Å². The fraction of sp³-hybridized carbons (Fsp3) is 0.615. The number of phosphoric acid groups is 1. The lowest BCUT2D eigenvalue weighted by Crippen LogP contribution is -2.43. The average Bonchev–Trinajstić information content (AvgIpc) is 2.75. The molecule has 3 aliphatic rings. The van der Waals surface area contributed by atoms with Crippen LogP contribution in [-0.4, -0.2) is 51.4 Å². The Bertz CT molecular complexity index is 610. The second kappa shape index (κ2) is 6.23. The Morgan fingerprint density at radius 1 is 1.65 bits per heavy atom. The Morgan fingerprint density at radius 3 is 3.04 bits per heavy atom. The van der Waals surface area contributed by atoms with E-state index < -0.39 is 20.0 Å². The molecule has 8 nitrogen and oxygen atoms in total. The molecule has 0 radical (unpaired) electrons. The van der Waals surface area contributed by atoms with Gasteiger partial charge in [0.05, 0.1) is 18.0 Å². The molecule has 3 N–H and O–H groups in total. The van der Waals surface area contributed by atoms with Gasteiger partial charge in [0.1, 0.15) is 29.2 Å². The maximum absolute atomic E-state index is 12.5. The molecule has 2 saturated heterocycles. The van der Waals surface area contributed by atoms with Gasteiger partial charge in [-0.05, 0) is 19.9 Å². The van der Waals surface area contributed by atoms with Crippen LogP contribution in [0.2, 0.25) is 0 Å². The Labute approximate surface area is 139 Å². The molecule has 0 aromatic heterocycles. The van der Waals surface area contributed by atoms with Gasteiger partial charge in [-0.25, -0.2) is 9.56 Å². The first kappa shape index (κ1) is 17.0. The van der Waals surface area contributed by atoms with E-state index >= 15 is 0 Å². The number of nitrogens with two attached hydrogens (primary N) is 1. The number of aliphatic hydroxyl groups excluding tert-OH is 1. The van der Waals surface area contributed by atoms with E-state index in [0.29, 0.717) is 11.7 Å². The van der Waals surface area contributed by atoms with Crippen molar-refractivity contribution in [1.82, 2.24) is 4.90 Å². The number of aliphatic hydroxyl groups is 1. The van der Waals surface area contributed by atoms with Gasteiger partial charge in [-0.3, -0.25) is 13.6 Å². The van der Waals surface area contributed by atoms with Crippen LogP contribution in [0.1, 0.15) is 13.8 Å². The molecule has 5 atom stereocenters. The number of phosphoric ester groups is 1. The summed E-state index contributed by atoms with van der Waals surface area (Å²) in [5.74, 6) is 0.790. The van der Waals surface area contributed by atoms with Crippen molar-refractivity contribution < 1.29 is 23.2 Å². The monoisotopic (exact) mass is 361 g/mol. The first-order valence-corrected chi connectivity index (χ1v) is 9.64. The van der Waals surface area contributed by atoms with Gasteiger partial charge < -0.3 is 15.7 Å². The minimum absolute atomic E-state index is 0.155. The molecule has 3 aliphatic heterocycles. The van der Waals surface area contributed by atoms with E-state index in [0.717, 1.165) is 0 Å². The SMILES string of the molecule is C=C1N=C(N)C=CN1[C@@H]1S[C@@H]2COP(=O)(OC(C)C)O[C@H]2[C@@H]1O. The minimum atomic E-state index is -3.65. The first-order chi connectivity index (χ1) is 10.8. The van der Waals surface area contributed by atoms with Gasteiger partial charge in [0, 0.05) is 6.20 Å². The van der Waals surface area contributed by atoms with E-state index in [2.05, 4.69) is 11.6 Å². The van der Waals surface area contributed by atoms with Gasteiger partial charge in [-0.1, -0.05) is 6.58 Å². The third kappa shape index (κ3) is 3.35. The summed E-state index contributed by atoms with van der Waals surface area (Å²) in [5, 5.41) is 10.1. The number of hydrogen-bond acceptors (Lipinski definition) is 9. The van der Waals surface area contributed by atoms with E-state index in [-0.39, 0.29) is 23.3 Å². The highest BCUT2D eigenvalue weighted by atomic mass is 32.2. The Kier molecular flexibility index (Phi) is 4.61. The fourth-order valence-corrected chi connectivity index (χ4v) is 5.89. The molecule has 1 unspecified atom stereocenters. The molecule has 10 heteroatoms. The van der Waals surface area contributed by atoms with Crippen LogP contribution < -0.4 is 5.73 Å². The van der Waals surface area contributed by atoms with Crippen molar-refractivity contribution in [2.75, 3.05) is 6.61 Å². The largest absolute Gasteiger partial charge is 0.475 e. The second-order valence-corrected chi connectivity index (χ2v) is 8.63. The van der Waals surface area contributed by atoms with Crippen molar-refractivity contribution in [3.05, 3.63) is 24.7 Å². The standard InChI is InChI=1S/C13H20N3O5PS/c1-7(2)20-22(18)19-6-9-12(21-22)11(17)13(23-9)16-5-4-10(14)15-8(16)3/h4-5,7,9,11-13,17H,3,6H2,1-2H3,(H2,14,15)/t9-,11+,12-,13-,22?/m1/s1. The molecule has 0 amide bonds. The number of hydrogen-bond donors (Lipinski definition) is 2. The van der Waals surface area contributed by atoms with Crippen molar-refractivity contribution in [2.24, 2.45) is 10.7 Å². The molecule has 0 bridgehead atoms. The lowest BCUT2D eigenvalue weighted by atomic mass is 10.1. The van der Waals surface area contributed by atoms with Crippen LogP contribution in [0.25, 0.3) is 0 Å². The van der Waals surface area contributed by atoms with Gasteiger partial charge in [0.25, 0.3) is 0 Å². The van der Waals surface area contributed by atoms with Gasteiger partial charge in [0.15, 0.2) is 0 Å². The fourth-order valence-electron chi connectivity index (χ4n) is 2.59. The molecule has 3 heterocycles. The number of thioether (sulfide) groups is 1. The van der Waals surface area contributed by atoms with Gasteiger partial charge in [-0.2, -0.15) is 0 Å². The van der Waals surface area contributed by atoms with Crippen LogP contribution in [-0.2, 0) is 18.1 Å². The molecular formula is C13H20N3O5PS. The van der Waals surface area contributed by atoms with E-state index in [1.807, 2.05) is 0 Å². The van der Waals surface area contributed by atoms with Crippen molar-refractivity contribution in [3.8, 4) is 0 Å². The van der Waals surface area contributed by atoms with E-state index in [9.17, 15) is 9.67 Å². The quantitative estimate of drug-likeness (QED) is 0.727. The number of rotatable bonds is 3. The van der Waals surface area contributed by atoms with Crippen molar-refractivity contribution in [3.63, 3.8) is 0 Å². The maximum atomic E-state index is 12.5. The van der Waals surface area contributed by atoms with Crippen molar-refractivity contribution in [2.45, 2.75) is 42.8 Å². The Balaban J connectivity index is 1.74. The highest BCUT2D eigenvalue weighted by Crippen LogP contribution is 2.59. The summed E-state index contributed by atoms with van der Waals surface area (Å²) in [4.78, 5) is 5.82. The summed E-state index contributed by atoms with van der Waals surface area (Å²) in [5.41, 5.74) is 5.63. The summed E-state index contributed by atoms with van der Waals surface area (Å²) >= 11 is 1.46. The molecule has 0 saturated carbocycles. The normalized spacial score (nSPS) is 40.4. The van der Waals surface area contributed by atoms with Crippen LogP contribution in [0.3, 0.4) is 0 Å². The third-order valence-electron chi connectivity index (χ3n) is 3.53. The zero-order chi connectivity index (χ0) is 16.8. The summed E-state index contributed by atoms with van der Waals surface area (Å²) in [6.07, 6.45) is 1.50. The highest BCUT2D eigenvalue weighted by molar-refractivity contribution is 8.00. The maximum Gasteiger partial charge on any atom is 0.475 e. The summed E-state index contributed by atoms with van der Waals surface area (Å²) in [7, 11) is -3.65. The zero-order valence-corrected chi connectivity index (χ0v) is 14.6. The highest BCUT2D eigenvalue weighted by Gasteiger charge is 2.54. The molecule has 0 aliphatic carbocycles. The molecule has 0 aromatic carbocycles.